The molecule has 0 aliphatic rings. The molecule has 23 heavy (non-hydrogen) atoms. The quantitative estimate of drug-likeness (QED) is 0.731. The van der Waals surface area contributed by atoms with Crippen LogP contribution in [0.5, 0.6) is 11.5 Å². The van der Waals surface area contributed by atoms with Crippen LogP contribution in [-0.4, -0.2) is 14.2 Å². The topological polar surface area (TPSA) is 48.7 Å². The van der Waals surface area contributed by atoms with E-state index in [1.54, 1.807) is 25.3 Å². The molecule has 0 spiro atoms. The summed E-state index contributed by atoms with van der Waals surface area (Å²) in [4.78, 5) is 12.3. The maximum Gasteiger partial charge on any atom is 0.193 e. The maximum absolute atomic E-state index is 12.3. The summed E-state index contributed by atoms with van der Waals surface area (Å²) in [6, 6.07) is 14.6. The Hall–Kier alpha value is -3.01. The predicted molar refractivity (Wildman–Crippen MR) is 91.0 cm³/mol. The smallest absolute Gasteiger partial charge is 0.193 e. The van der Waals surface area contributed by atoms with Gasteiger partial charge in [0, 0.05) is 12.1 Å². The van der Waals surface area contributed by atoms with Crippen molar-refractivity contribution >= 4 is 23.1 Å². The predicted octanol–water partition coefficient (Wildman–Crippen LogP) is 3.98. The highest BCUT2D eigenvalue weighted by molar-refractivity contribution is 5.82. The van der Waals surface area contributed by atoms with Gasteiger partial charge in [-0.2, -0.15) is 0 Å². The monoisotopic (exact) mass is 308 g/mol. The number of rotatable bonds is 4. The van der Waals surface area contributed by atoms with E-state index in [9.17, 15) is 4.79 Å². The third kappa shape index (κ3) is 3.11. The van der Waals surface area contributed by atoms with Crippen molar-refractivity contribution in [2.45, 2.75) is 0 Å². The van der Waals surface area contributed by atoms with Gasteiger partial charge in [-0.15, -0.1) is 0 Å². The number of hydrogen-bond donors (Lipinski definition) is 0. The molecule has 0 bridgehead atoms. The fraction of sp³-hybridized carbons (Fsp3) is 0.105. The Morgan fingerprint density at radius 1 is 0.913 bits per heavy atom. The second-order valence-corrected chi connectivity index (χ2v) is 4.96. The van der Waals surface area contributed by atoms with Crippen molar-refractivity contribution in [2.24, 2.45) is 0 Å². The Morgan fingerprint density at radius 3 is 2.30 bits per heavy atom. The highest BCUT2D eigenvalue weighted by Crippen LogP contribution is 2.31. The third-order valence-electron chi connectivity index (χ3n) is 3.49. The number of hydrogen-bond acceptors (Lipinski definition) is 4. The summed E-state index contributed by atoms with van der Waals surface area (Å²) in [6.07, 6.45) is 3.66. The molecular formula is C19H16O4. The molecule has 1 aromatic heterocycles. The van der Waals surface area contributed by atoms with Gasteiger partial charge < -0.3 is 13.9 Å². The van der Waals surface area contributed by atoms with Crippen LogP contribution in [0.4, 0.5) is 0 Å². The van der Waals surface area contributed by atoms with Crippen LogP contribution in [0.1, 0.15) is 11.3 Å². The van der Waals surface area contributed by atoms with Gasteiger partial charge in [-0.1, -0.05) is 36.4 Å². The second kappa shape index (κ2) is 6.40. The SMILES string of the molecule is COc1cc2oc(C=Cc3ccccc3)cc(=O)c2cc1OC. The van der Waals surface area contributed by atoms with Crippen LogP contribution < -0.4 is 14.9 Å². The highest BCUT2D eigenvalue weighted by atomic mass is 16.5. The van der Waals surface area contributed by atoms with E-state index in [-0.39, 0.29) is 5.43 Å². The fourth-order valence-corrected chi connectivity index (χ4v) is 2.33. The summed E-state index contributed by atoms with van der Waals surface area (Å²) in [5.41, 5.74) is 1.37. The van der Waals surface area contributed by atoms with Crippen LogP contribution in [-0.2, 0) is 0 Å². The zero-order valence-corrected chi connectivity index (χ0v) is 12.9. The van der Waals surface area contributed by atoms with E-state index in [1.807, 2.05) is 36.4 Å². The van der Waals surface area contributed by atoms with E-state index in [1.165, 1.54) is 13.2 Å². The van der Waals surface area contributed by atoms with Gasteiger partial charge in [-0.3, -0.25) is 4.79 Å². The molecule has 3 aromatic rings. The Labute approximate surface area is 133 Å². The highest BCUT2D eigenvalue weighted by Gasteiger charge is 2.10. The average molecular weight is 308 g/mol. The van der Waals surface area contributed by atoms with E-state index < -0.39 is 0 Å². The van der Waals surface area contributed by atoms with Gasteiger partial charge in [-0.25, -0.2) is 0 Å². The van der Waals surface area contributed by atoms with Gasteiger partial charge in [0.25, 0.3) is 0 Å². The molecule has 0 unspecified atom stereocenters. The molecule has 2 aromatic carbocycles. The lowest BCUT2D eigenvalue weighted by Gasteiger charge is -2.08. The first kappa shape index (κ1) is 14.9. The van der Waals surface area contributed by atoms with Crippen LogP contribution in [0.15, 0.2) is 57.7 Å². The summed E-state index contributed by atoms with van der Waals surface area (Å²) < 4.78 is 16.2. The van der Waals surface area contributed by atoms with Crippen molar-refractivity contribution < 1.29 is 13.9 Å². The molecular weight excluding hydrogens is 292 g/mol. The van der Waals surface area contributed by atoms with Crippen molar-refractivity contribution in [1.82, 2.24) is 0 Å². The standard InChI is InChI=1S/C19H16O4/c1-21-18-11-15-16(20)10-14(23-17(15)12-19(18)22-2)9-8-13-6-4-3-5-7-13/h3-12H,1-2H3. The minimum Gasteiger partial charge on any atom is -0.493 e. The third-order valence-corrected chi connectivity index (χ3v) is 3.49. The second-order valence-electron chi connectivity index (χ2n) is 4.96. The summed E-state index contributed by atoms with van der Waals surface area (Å²) in [7, 11) is 3.07. The molecule has 4 heteroatoms. The molecule has 0 radical (unpaired) electrons. The van der Waals surface area contributed by atoms with E-state index in [0.717, 1.165) is 5.56 Å². The minimum absolute atomic E-state index is 0.125. The van der Waals surface area contributed by atoms with Crippen molar-refractivity contribution in [2.75, 3.05) is 14.2 Å². The molecule has 4 nitrogen and oxygen atoms in total. The van der Waals surface area contributed by atoms with E-state index in [4.69, 9.17) is 13.9 Å². The van der Waals surface area contributed by atoms with Crippen LogP contribution in [0.2, 0.25) is 0 Å². The van der Waals surface area contributed by atoms with Crippen LogP contribution >= 0.6 is 0 Å². The molecule has 116 valence electrons. The van der Waals surface area contributed by atoms with Gasteiger partial charge >= 0.3 is 0 Å². The first-order valence-electron chi connectivity index (χ1n) is 7.14. The molecule has 0 saturated carbocycles. The fourth-order valence-electron chi connectivity index (χ4n) is 2.33. The zero-order valence-electron chi connectivity index (χ0n) is 12.9. The number of ether oxygens (including phenoxy) is 2. The van der Waals surface area contributed by atoms with Crippen LogP contribution in [0.25, 0.3) is 23.1 Å². The first-order valence-corrected chi connectivity index (χ1v) is 7.14. The molecule has 0 aliphatic heterocycles. The molecule has 0 N–H and O–H groups in total. The zero-order chi connectivity index (χ0) is 16.2. The average Bonchev–Trinajstić information content (AvgIpc) is 2.59. The van der Waals surface area contributed by atoms with E-state index >= 15 is 0 Å². The molecule has 0 fully saturated rings. The molecule has 3 rings (SSSR count). The van der Waals surface area contributed by atoms with Gasteiger partial charge in [0.15, 0.2) is 16.9 Å². The molecule has 0 atom stereocenters. The van der Waals surface area contributed by atoms with Gasteiger partial charge in [0.05, 0.1) is 19.6 Å². The maximum atomic E-state index is 12.3. The summed E-state index contributed by atoms with van der Waals surface area (Å²) in [5, 5.41) is 0.458. The minimum atomic E-state index is -0.125. The molecule has 1 heterocycles. The first-order chi connectivity index (χ1) is 11.2. The van der Waals surface area contributed by atoms with Crippen molar-refractivity contribution in [3.8, 4) is 11.5 Å². The summed E-state index contributed by atoms with van der Waals surface area (Å²) in [6.45, 7) is 0. The summed E-state index contributed by atoms with van der Waals surface area (Å²) >= 11 is 0. The molecule has 0 aliphatic carbocycles. The van der Waals surface area contributed by atoms with Crippen LogP contribution in [0.3, 0.4) is 0 Å². The lowest BCUT2D eigenvalue weighted by atomic mass is 10.1. The number of fused-ring (bicyclic) bond motifs is 1. The number of benzene rings is 2. The largest absolute Gasteiger partial charge is 0.493 e. The van der Waals surface area contributed by atoms with Crippen molar-refractivity contribution in [1.29, 1.82) is 0 Å². The summed E-state index contributed by atoms with van der Waals surface area (Å²) in [5.74, 6) is 1.51. The van der Waals surface area contributed by atoms with E-state index in [0.29, 0.717) is 28.2 Å². The van der Waals surface area contributed by atoms with Crippen molar-refractivity contribution in [3.05, 3.63) is 70.1 Å². The van der Waals surface area contributed by atoms with Gasteiger partial charge in [0.1, 0.15) is 11.3 Å². The lowest BCUT2D eigenvalue weighted by molar-refractivity contribution is 0.355. The Balaban J connectivity index is 2.07. The molecule has 0 amide bonds. The normalized spacial score (nSPS) is 11.0. The van der Waals surface area contributed by atoms with E-state index in [2.05, 4.69) is 0 Å². The lowest BCUT2D eigenvalue weighted by Crippen LogP contribution is -2.01. The Bertz CT molecular complexity index is 908. The van der Waals surface area contributed by atoms with Crippen LogP contribution in [0, 0.1) is 0 Å². The Kier molecular flexibility index (Phi) is 4.15. The Morgan fingerprint density at radius 2 is 1.61 bits per heavy atom. The van der Waals surface area contributed by atoms with Gasteiger partial charge in [-0.05, 0) is 17.7 Å². The van der Waals surface area contributed by atoms with Gasteiger partial charge in [0.2, 0.25) is 0 Å². The van der Waals surface area contributed by atoms with Crippen molar-refractivity contribution in [3.63, 3.8) is 0 Å². The molecule has 0 saturated heterocycles. The number of methoxy groups -OCH3 is 2.